The number of ether oxygens (including phenoxy) is 2. The molecule has 0 radical (unpaired) electrons. The Hall–Kier alpha value is -4.53. The lowest BCUT2D eigenvalue weighted by molar-refractivity contribution is 0.0183. The van der Waals surface area contributed by atoms with Gasteiger partial charge in [-0.15, -0.1) is 5.10 Å². The Morgan fingerprint density at radius 2 is 1.88 bits per heavy atom. The van der Waals surface area contributed by atoms with E-state index < -0.39 is 11.7 Å². The zero-order chi connectivity index (χ0) is 28.6. The van der Waals surface area contributed by atoms with Crippen LogP contribution in [0.15, 0.2) is 30.6 Å². The Morgan fingerprint density at radius 1 is 1.12 bits per heavy atom. The molecular weight excluding hydrogens is 510 g/mol. The minimum Gasteiger partial charge on any atom is -0.469 e. The summed E-state index contributed by atoms with van der Waals surface area (Å²) in [5, 5.41) is 26.9. The van der Waals surface area contributed by atoms with E-state index >= 15 is 0 Å². The molecule has 0 N–H and O–H groups in total. The van der Waals surface area contributed by atoms with Crippen molar-refractivity contribution >= 4 is 11.7 Å². The molecule has 1 aliphatic rings. The van der Waals surface area contributed by atoms with Gasteiger partial charge in [-0.25, -0.2) is 14.5 Å². The number of carbonyl (C=O) groups is 1. The van der Waals surface area contributed by atoms with E-state index in [0.717, 1.165) is 29.7 Å². The number of aromatic nitrogens is 7. The van der Waals surface area contributed by atoms with E-state index in [9.17, 15) is 10.1 Å². The van der Waals surface area contributed by atoms with Gasteiger partial charge in [0, 0.05) is 24.7 Å². The lowest BCUT2D eigenvalue weighted by Crippen LogP contribution is -2.42. The molecular formula is C28H33N9O3. The molecule has 5 rings (SSSR count). The number of carbonyl (C=O) groups excluding carboxylic acids is 1. The fourth-order valence-corrected chi connectivity index (χ4v) is 4.88. The van der Waals surface area contributed by atoms with Gasteiger partial charge < -0.3 is 14.4 Å². The molecule has 1 amide bonds. The van der Waals surface area contributed by atoms with Crippen LogP contribution in [0.3, 0.4) is 0 Å². The zero-order valence-electron chi connectivity index (χ0n) is 23.6. The molecule has 0 bridgehead atoms. The molecule has 0 aliphatic carbocycles. The number of nitriles is 1. The zero-order valence-corrected chi connectivity index (χ0v) is 23.6. The van der Waals surface area contributed by atoms with Gasteiger partial charge in [-0.2, -0.15) is 15.5 Å². The topological polar surface area (TPSA) is 136 Å². The van der Waals surface area contributed by atoms with Crippen LogP contribution in [0.5, 0.6) is 5.88 Å². The number of piperidine rings is 1. The van der Waals surface area contributed by atoms with Crippen molar-refractivity contribution in [2.24, 2.45) is 0 Å². The first-order chi connectivity index (χ1) is 19.0. The molecule has 1 fully saturated rings. The fourth-order valence-electron chi connectivity index (χ4n) is 4.88. The van der Waals surface area contributed by atoms with E-state index in [0.29, 0.717) is 41.7 Å². The monoisotopic (exact) mass is 543 g/mol. The molecule has 1 saturated heterocycles. The quantitative estimate of drug-likeness (QED) is 0.354. The Bertz CT molecular complexity index is 1590. The molecule has 1 aliphatic heterocycles. The van der Waals surface area contributed by atoms with Crippen molar-refractivity contribution in [1.29, 1.82) is 5.26 Å². The SMILES string of the molecule is Cc1cnnc(C(C)Oc2cc(-c3nnn(C4CCN(C(=O)OC(C)(C)C)CC4)c3C)cc3ncc(C#N)n23)c1. The molecule has 0 aromatic carbocycles. The predicted molar refractivity (Wildman–Crippen MR) is 146 cm³/mol. The fraction of sp³-hybridized carbons (Fsp3) is 0.464. The number of fused-ring (bicyclic) bond motifs is 1. The van der Waals surface area contributed by atoms with Gasteiger partial charge in [0.2, 0.25) is 5.88 Å². The van der Waals surface area contributed by atoms with Crippen molar-refractivity contribution in [2.75, 3.05) is 13.1 Å². The maximum Gasteiger partial charge on any atom is 0.410 e. The summed E-state index contributed by atoms with van der Waals surface area (Å²) in [5.41, 5.74) is 4.42. The van der Waals surface area contributed by atoms with Crippen molar-refractivity contribution in [3.05, 3.63) is 53.2 Å². The number of amides is 1. The number of aryl methyl sites for hydroxylation is 1. The van der Waals surface area contributed by atoms with Gasteiger partial charge in [0.05, 0.1) is 24.1 Å². The molecule has 0 saturated carbocycles. The van der Waals surface area contributed by atoms with E-state index in [4.69, 9.17) is 9.47 Å². The van der Waals surface area contributed by atoms with E-state index in [2.05, 4.69) is 31.6 Å². The van der Waals surface area contributed by atoms with Crippen LogP contribution < -0.4 is 4.74 Å². The van der Waals surface area contributed by atoms with Crippen LogP contribution in [0, 0.1) is 25.2 Å². The minimum atomic E-state index is -0.525. The summed E-state index contributed by atoms with van der Waals surface area (Å²) in [6.45, 7) is 12.6. The number of pyridine rings is 1. The second-order valence-corrected chi connectivity index (χ2v) is 11.1. The third-order valence-electron chi connectivity index (χ3n) is 6.87. The summed E-state index contributed by atoms with van der Waals surface area (Å²) < 4.78 is 15.5. The molecule has 40 heavy (non-hydrogen) atoms. The molecule has 208 valence electrons. The third kappa shape index (κ3) is 5.45. The smallest absolute Gasteiger partial charge is 0.410 e. The second kappa shape index (κ2) is 10.6. The first kappa shape index (κ1) is 27.1. The van der Waals surface area contributed by atoms with Crippen LogP contribution in [0.2, 0.25) is 0 Å². The largest absolute Gasteiger partial charge is 0.469 e. The van der Waals surface area contributed by atoms with Crippen molar-refractivity contribution in [2.45, 2.75) is 72.1 Å². The average molecular weight is 544 g/mol. The van der Waals surface area contributed by atoms with E-state index in [1.807, 2.05) is 64.4 Å². The first-order valence-electron chi connectivity index (χ1n) is 13.3. The van der Waals surface area contributed by atoms with Crippen LogP contribution in [0.1, 0.15) is 75.3 Å². The van der Waals surface area contributed by atoms with Crippen molar-refractivity contribution in [1.82, 2.24) is 39.5 Å². The third-order valence-corrected chi connectivity index (χ3v) is 6.87. The van der Waals surface area contributed by atoms with Crippen LogP contribution in [-0.2, 0) is 4.74 Å². The lowest BCUT2D eigenvalue weighted by Gasteiger charge is -2.33. The second-order valence-electron chi connectivity index (χ2n) is 11.1. The molecule has 0 spiro atoms. The highest BCUT2D eigenvalue weighted by Crippen LogP contribution is 2.32. The van der Waals surface area contributed by atoms with Gasteiger partial charge in [-0.05, 0) is 72.1 Å². The van der Waals surface area contributed by atoms with Crippen molar-refractivity contribution < 1.29 is 14.3 Å². The molecule has 12 nitrogen and oxygen atoms in total. The van der Waals surface area contributed by atoms with Gasteiger partial charge >= 0.3 is 6.09 Å². The standard InChI is InChI=1S/C28H33N9O3/c1-17-11-23(32-31-15-17)19(3)39-25-13-20(12-24-30-16-22(14-29)36(24)25)26-18(2)37(34-33-26)21-7-9-35(10-8-21)27(38)40-28(4,5)6/h11-13,15-16,19,21H,7-10H2,1-6H3. The molecule has 5 heterocycles. The molecule has 1 atom stereocenters. The van der Waals surface area contributed by atoms with E-state index in [1.54, 1.807) is 15.5 Å². The Kier molecular flexibility index (Phi) is 7.14. The highest BCUT2D eigenvalue weighted by Gasteiger charge is 2.29. The lowest BCUT2D eigenvalue weighted by atomic mass is 10.0. The molecule has 4 aromatic heterocycles. The maximum absolute atomic E-state index is 12.5. The number of nitrogens with zero attached hydrogens (tertiary/aromatic N) is 9. The van der Waals surface area contributed by atoms with E-state index in [-0.39, 0.29) is 12.1 Å². The average Bonchev–Trinajstić information content (AvgIpc) is 3.51. The number of hydrogen-bond acceptors (Lipinski definition) is 9. The minimum absolute atomic E-state index is 0.107. The van der Waals surface area contributed by atoms with Crippen LogP contribution in [0.25, 0.3) is 16.9 Å². The summed E-state index contributed by atoms with van der Waals surface area (Å²) in [5.74, 6) is 0.442. The maximum atomic E-state index is 12.5. The molecule has 4 aromatic rings. The highest BCUT2D eigenvalue weighted by molar-refractivity contribution is 5.69. The van der Waals surface area contributed by atoms with Crippen LogP contribution in [-0.4, -0.2) is 64.3 Å². The Balaban J connectivity index is 1.41. The summed E-state index contributed by atoms with van der Waals surface area (Å²) in [4.78, 5) is 18.7. The first-order valence-corrected chi connectivity index (χ1v) is 13.3. The van der Waals surface area contributed by atoms with Crippen molar-refractivity contribution in [3.8, 4) is 23.2 Å². The van der Waals surface area contributed by atoms with E-state index in [1.165, 1.54) is 6.20 Å². The van der Waals surface area contributed by atoms with Gasteiger partial charge in [0.15, 0.2) is 0 Å². The van der Waals surface area contributed by atoms with Gasteiger partial charge in [-0.1, -0.05) is 5.21 Å². The number of rotatable bonds is 5. The van der Waals surface area contributed by atoms with Gasteiger partial charge in [0.25, 0.3) is 0 Å². The molecule has 12 heteroatoms. The number of imidazole rings is 1. The normalized spacial score (nSPS) is 15.2. The van der Waals surface area contributed by atoms with Crippen LogP contribution in [0.4, 0.5) is 4.79 Å². The summed E-state index contributed by atoms with van der Waals surface area (Å²) in [6, 6.07) is 7.92. The van der Waals surface area contributed by atoms with Gasteiger partial charge in [-0.3, -0.25) is 4.40 Å². The van der Waals surface area contributed by atoms with Gasteiger partial charge in [0.1, 0.15) is 40.5 Å². The summed E-state index contributed by atoms with van der Waals surface area (Å²) in [7, 11) is 0. The van der Waals surface area contributed by atoms with Crippen molar-refractivity contribution in [3.63, 3.8) is 0 Å². The predicted octanol–water partition coefficient (Wildman–Crippen LogP) is 4.58. The van der Waals surface area contributed by atoms with Crippen LogP contribution >= 0.6 is 0 Å². The Morgan fingerprint density at radius 3 is 2.55 bits per heavy atom. The number of likely N-dealkylation sites (tertiary alicyclic amines) is 1. The molecule has 1 unspecified atom stereocenters. The highest BCUT2D eigenvalue weighted by atomic mass is 16.6. The summed E-state index contributed by atoms with van der Waals surface area (Å²) >= 11 is 0. The Labute approximate surface area is 232 Å². The number of hydrogen-bond donors (Lipinski definition) is 0. The summed E-state index contributed by atoms with van der Waals surface area (Å²) in [6.07, 6.45) is 3.99.